The lowest BCUT2D eigenvalue weighted by Crippen LogP contribution is -2.24. The summed E-state index contributed by atoms with van der Waals surface area (Å²) in [4.78, 5) is 11.6. The summed E-state index contributed by atoms with van der Waals surface area (Å²) in [5.74, 6) is -0.127. The van der Waals surface area contributed by atoms with Crippen LogP contribution < -0.4 is 10.1 Å². The van der Waals surface area contributed by atoms with Crippen LogP contribution in [-0.4, -0.2) is 25.4 Å². The molecular weight excluding hydrogens is 245 g/mol. The van der Waals surface area contributed by atoms with Gasteiger partial charge in [0, 0.05) is 18.0 Å². The minimum atomic E-state index is -0.541. The number of methoxy groups -OCH3 is 1. The number of carbonyl (C=O) groups excluding carboxylic acids is 1. The maximum absolute atomic E-state index is 13.3. The third kappa shape index (κ3) is 4.23. The highest BCUT2D eigenvalue weighted by Crippen LogP contribution is 2.17. The molecule has 0 unspecified atom stereocenters. The molecule has 0 fully saturated rings. The molecule has 1 N–H and O–H groups in total. The van der Waals surface area contributed by atoms with E-state index >= 15 is 0 Å². The van der Waals surface area contributed by atoms with Gasteiger partial charge in [0.05, 0.1) is 7.11 Å². The Kier molecular flexibility index (Phi) is 5.77. The number of hydrogen-bond donors (Lipinski definition) is 1. The van der Waals surface area contributed by atoms with Crippen LogP contribution in [-0.2, 0) is 0 Å². The van der Waals surface area contributed by atoms with Gasteiger partial charge in [-0.2, -0.15) is 0 Å². The lowest BCUT2D eigenvalue weighted by Gasteiger charge is -2.06. The van der Waals surface area contributed by atoms with Crippen molar-refractivity contribution < 1.29 is 13.9 Å². The Morgan fingerprint density at radius 3 is 2.82 bits per heavy atom. The van der Waals surface area contributed by atoms with Crippen LogP contribution in [0.5, 0.6) is 5.75 Å². The van der Waals surface area contributed by atoms with E-state index in [4.69, 9.17) is 16.3 Å². The molecule has 3 nitrogen and oxygen atoms in total. The zero-order chi connectivity index (χ0) is 12.7. The molecule has 0 spiro atoms. The Morgan fingerprint density at radius 2 is 2.24 bits per heavy atom. The summed E-state index contributed by atoms with van der Waals surface area (Å²) in [5, 5.41) is 2.69. The molecule has 0 saturated carbocycles. The van der Waals surface area contributed by atoms with Gasteiger partial charge < -0.3 is 10.1 Å². The zero-order valence-electron chi connectivity index (χ0n) is 9.63. The van der Waals surface area contributed by atoms with Crippen LogP contribution in [0.2, 0.25) is 0 Å². The van der Waals surface area contributed by atoms with Gasteiger partial charge in [-0.25, -0.2) is 4.39 Å². The molecule has 1 amide bonds. The van der Waals surface area contributed by atoms with Crippen LogP contribution in [0.3, 0.4) is 0 Å². The van der Waals surface area contributed by atoms with Gasteiger partial charge in [0.2, 0.25) is 0 Å². The molecule has 94 valence electrons. The smallest absolute Gasteiger partial charge is 0.251 e. The Balaban J connectivity index is 2.54. The number of benzene rings is 1. The van der Waals surface area contributed by atoms with Crippen molar-refractivity contribution in [1.29, 1.82) is 0 Å². The Hall–Kier alpha value is -1.29. The number of rotatable bonds is 6. The van der Waals surface area contributed by atoms with Crippen molar-refractivity contribution >= 4 is 17.5 Å². The molecule has 1 aromatic carbocycles. The molecule has 5 heteroatoms. The van der Waals surface area contributed by atoms with Crippen LogP contribution in [0.4, 0.5) is 4.39 Å². The summed E-state index contributed by atoms with van der Waals surface area (Å²) in [7, 11) is 1.38. The van der Waals surface area contributed by atoms with Gasteiger partial charge in [0.1, 0.15) is 0 Å². The second-order valence-electron chi connectivity index (χ2n) is 3.50. The lowest BCUT2D eigenvalue weighted by atomic mass is 10.2. The molecule has 0 heterocycles. The first kappa shape index (κ1) is 13.8. The fourth-order valence-electron chi connectivity index (χ4n) is 1.33. The highest BCUT2D eigenvalue weighted by atomic mass is 35.5. The molecule has 0 bridgehead atoms. The molecule has 1 aromatic rings. The van der Waals surface area contributed by atoms with Gasteiger partial charge in [-0.05, 0) is 31.0 Å². The van der Waals surface area contributed by atoms with Gasteiger partial charge in [0.25, 0.3) is 5.91 Å². The predicted octanol–water partition coefficient (Wildman–Crippen LogP) is 2.58. The summed E-state index contributed by atoms with van der Waals surface area (Å²) in [6.07, 6.45) is 1.66. The van der Waals surface area contributed by atoms with E-state index in [9.17, 15) is 9.18 Å². The second-order valence-corrected chi connectivity index (χ2v) is 3.88. The van der Waals surface area contributed by atoms with Crippen molar-refractivity contribution in [3.63, 3.8) is 0 Å². The first-order chi connectivity index (χ1) is 8.19. The fourth-order valence-corrected chi connectivity index (χ4v) is 1.52. The average molecular weight is 260 g/mol. The molecular formula is C12H15ClFNO2. The maximum Gasteiger partial charge on any atom is 0.251 e. The van der Waals surface area contributed by atoms with E-state index in [1.807, 2.05) is 0 Å². The standard InChI is InChI=1S/C12H15ClFNO2/c1-17-11-5-4-9(8-10(11)14)12(16)15-7-3-2-6-13/h4-5,8H,2-3,6-7H2,1H3,(H,15,16). The van der Waals surface area contributed by atoms with Crippen LogP contribution in [0.25, 0.3) is 0 Å². The highest BCUT2D eigenvalue weighted by molar-refractivity contribution is 6.17. The normalized spacial score (nSPS) is 10.1. The Labute approximate surface area is 105 Å². The quantitative estimate of drug-likeness (QED) is 0.630. The molecule has 0 radical (unpaired) electrons. The first-order valence-corrected chi connectivity index (χ1v) is 5.90. The number of halogens is 2. The summed E-state index contributed by atoms with van der Waals surface area (Å²) >= 11 is 5.51. The van der Waals surface area contributed by atoms with E-state index in [-0.39, 0.29) is 17.2 Å². The van der Waals surface area contributed by atoms with Crippen molar-refractivity contribution in [3.05, 3.63) is 29.6 Å². The monoisotopic (exact) mass is 259 g/mol. The number of amides is 1. The zero-order valence-corrected chi connectivity index (χ0v) is 10.4. The molecule has 0 aliphatic rings. The van der Waals surface area contributed by atoms with Gasteiger partial charge in [-0.1, -0.05) is 0 Å². The summed E-state index contributed by atoms with van der Waals surface area (Å²) < 4.78 is 18.1. The summed E-state index contributed by atoms with van der Waals surface area (Å²) in [5.41, 5.74) is 0.286. The molecule has 0 aliphatic carbocycles. The van der Waals surface area contributed by atoms with Gasteiger partial charge >= 0.3 is 0 Å². The number of carbonyl (C=O) groups is 1. The van der Waals surface area contributed by atoms with Crippen molar-refractivity contribution in [2.75, 3.05) is 19.5 Å². The lowest BCUT2D eigenvalue weighted by molar-refractivity contribution is 0.0952. The van der Waals surface area contributed by atoms with E-state index < -0.39 is 5.82 Å². The maximum atomic E-state index is 13.3. The molecule has 17 heavy (non-hydrogen) atoms. The average Bonchev–Trinajstić information content (AvgIpc) is 2.34. The topological polar surface area (TPSA) is 38.3 Å². The largest absolute Gasteiger partial charge is 0.494 e. The molecule has 0 atom stereocenters. The van der Waals surface area contributed by atoms with E-state index in [0.717, 1.165) is 18.9 Å². The first-order valence-electron chi connectivity index (χ1n) is 5.36. The van der Waals surface area contributed by atoms with Crippen molar-refractivity contribution in [3.8, 4) is 5.75 Å². The number of nitrogens with one attached hydrogen (secondary N) is 1. The van der Waals surface area contributed by atoms with Crippen molar-refractivity contribution in [2.24, 2.45) is 0 Å². The van der Waals surface area contributed by atoms with Crippen LogP contribution in [0.15, 0.2) is 18.2 Å². The second kappa shape index (κ2) is 7.12. The van der Waals surface area contributed by atoms with Crippen LogP contribution >= 0.6 is 11.6 Å². The number of ether oxygens (including phenoxy) is 1. The molecule has 0 aromatic heterocycles. The summed E-state index contributed by atoms with van der Waals surface area (Å²) in [6.45, 7) is 0.541. The van der Waals surface area contributed by atoms with Crippen molar-refractivity contribution in [2.45, 2.75) is 12.8 Å². The van der Waals surface area contributed by atoms with Crippen LogP contribution in [0, 0.1) is 5.82 Å². The number of unbranched alkanes of at least 4 members (excludes halogenated alkanes) is 1. The Bertz CT molecular complexity index is 385. The highest BCUT2D eigenvalue weighted by Gasteiger charge is 2.09. The van der Waals surface area contributed by atoms with E-state index in [0.29, 0.717) is 12.4 Å². The van der Waals surface area contributed by atoms with E-state index in [2.05, 4.69) is 5.32 Å². The number of hydrogen-bond acceptors (Lipinski definition) is 2. The van der Waals surface area contributed by atoms with Gasteiger partial charge in [0.15, 0.2) is 11.6 Å². The Morgan fingerprint density at radius 1 is 1.47 bits per heavy atom. The number of alkyl halides is 1. The minimum Gasteiger partial charge on any atom is -0.494 e. The molecule has 0 aliphatic heterocycles. The molecule has 1 rings (SSSR count). The third-order valence-corrected chi connectivity index (χ3v) is 2.53. The van der Waals surface area contributed by atoms with Gasteiger partial charge in [-0.15, -0.1) is 11.6 Å². The SMILES string of the molecule is COc1ccc(C(=O)NCCCCCl)cc1F. The van der Waals surface area contributed by atoms with E-state index in [1.54, 1.807) is 0 Å². The van der Waals surface area contributed by atoms with E-state index in [1.165, 1.54) is 19.2 Å². The summed E-state index contributed by atoms with van der Waals surface area (Å²) in [6, 6.07) is 4.12. The fraction of sp³-hybridized carbons (Fsp3) is 0.417. The third-order valence-electron chi connectivity index (χ3n) is 2.26. The van der Waals surface area contributed by atoms with Crippen LogP contribution in [0.1, 0.15) is 23.2 Å². The predicted molar refractivity (Wildman–Crippen MR) is 65.2 cm³/mol. The van der Waals surface area contributed by atoms with Gasteiger partial charge in [-0.3, -0.25) is 4.79 Å². The minimum absolute atomic E-state index is 0.128. The van der Waals surface area contributed by atoms with Crippen molar-refractivity contribution in [1.82, 2.24) is 5.32 Å². The molecule has 0 saturated heterocycles.